The highest BCUT2D eigenvalue weighted by atomic mass is 32.2. The van der Waals surface area contributed by atoms with Crippen LogP contribution in [0.5, 0.6) is 0 Å². The second kappa shape index (κ2) is 10.8. The van der Waals surface area contributed by atoms with Gasteiger partial charge in [0.15, 0.2) is 0 Å². The minimum absolute atomic E-state index is 0.164. The quantitative estimate of drug-likeness (QED) is 0.316. The van der Waals surface area contributed by atoms with Crippen molar-refractivity contribution < 1.29 is 4.79 Å². The summed E-state index contributed by atoms with van der Waals surface area (Å²) in [6.07, 6.45) is 2.24. The van der Waals surface area contributed by atoms with Crippen LogP contribution < -0.4 is 5.32 Å². The van der Waals surface area contributed by atoms with E-state index in [-0.39, 0.29) is 5.91 Å². The van der Waals surface area contributed by atoms with Crippen LogP contribution in [0.25, 0.3) is 22.4 Å². The van der Waals surface area contributed by atoms with Crippen LogP contribution in [0.1, 0.15) is 24.5 Å². The molecule has 6 heteroatoms. The van der Waals surface area contributed by atoms with Crippen LogP contribution in [-0.4, -0.2) is 21.1 Å². The molecule has 34 heavy (non-hydrogen) atoms. The molecule has 0 aliphatic carbocycles. The molecule has 1 N–H and O–H groups in total. The minimum atomic E-state index is -0.434. The number of amides is 1. The predicted molar refractivity (Wildman–Crippen MR) is 137 cm³/mol. The van der Waals surface area contributed by atoms with E-state index in [0.717, 1.165) is 27.9 Å². The smallest absolute Gasteiger partial charge is 0.239 e. The Morgan fingerprint density at radius 2 is 1.71 bits per heavy atom. The molecule has 0 aliphatic rings. The van der Waals surface area contributed by atoms with Gasteiger partial charge in [0, 0.05) is 17.3 Å². The van der Waals surface area contributed by atoms with Gasteiger partial charge in [0.2, 0.25) is 5.91 Å². The minimum Gasteiger partial charge on any atom is -0.310 e. The third-order valence-electron chi connectivity index (χ3n) is 5.34. The van der Waals surface area contributed by atoms with Crippen molar-refractivity contribution in [3.8, 4) is 28.5 Å². The number of aryl methyl sites for hydroxylation is 1. The average molecular weight is 465 g/mol. The molecule has 0 spiro atoms. The van der Waals surface area contributed by atoms with Crippen molar-refractivity contribution in [1.82, 2.24) is 9.97 Å². The van der Waals surface area contributed by atoms with E-state index < -0.39 is 5.25 Å². The third-order valence-corrected chi connectivity index (χ3v) is 6.69. The number of nitriles is 1. The molecule has 168 valence electrons. The number of rotatable bonds is 7. The lowest BCUT2D eigenvalue weighted by molar-refractivity contribution is -0.115. The number of pyridine rings is 2. The van der Waals surface area contributed by atoms with Gasteiger partial charge in [-0.2, -0.15) is 5.26 Å². The summed E-state index contributed by atoms with van der Waals surface area (Å²) in [6.45, 7) is 3.90. The van der Waals surface area contributed by atoms with Gasteiger partial charge in [-0.1, -0.05) is 79.3 Å². The molecular formula is C28H24N4OS. The second-order valence-corrected chi connectivity index (χ2v) is 8.99. The zero-order valence-corrected chi connectivity index (χ0v) is 19.8. The Hall–Kier alpha value is -3.95. The number of nitrogens with one attached hydrogen (secondary N) is 1. The van der Waals surface area contributed by atoms with E-state index >= 15 is 0 Å². The number of thioether (sulfide) groups is 1. The van der Waals surface area contributed by atoms with Gasteiger partial charge < -0.3 is 5.32 Å². The van der Waals surface area contributed by atoms with Crippen molar-refractivity contribution >= 4 is 23.5 Å². The fourth-order valence-electron chi connectivity index (χ4n) is 3.59. The number of carbonyl (C=O) groups excluding carboxylic acids is 1. The first kappa shape index (κ1) is 23.2. The fraction of sp³-hybridized carbons (Fsp3) is 0.143. The Morgan fingerprint density at radius 1 is 1.03 bits per heavy atom. The van der Waals surface area contributed by atoms with Crippen LogP contribution in [0.4, 0.5) is 5.82 Å². The van der Waals surface area contributed by atoms with E-state index in [4.69, 9.17) is 4.98 Å². The highest BCUT2D eigenvalue weighted by Crippen LogP contribution is 2.36. The maximum absolute atomic E-state index is 13.1. The number of aromatic nitrogens is 2. The number of hydrogen-bond acceptors (Lipinski definition) is 5. The Labute approximate surface area is 203 Å². The highest BCUT2D eigenvalue weighted by molar-refractivity contribution is 8.00. The molecule has 2 heterocycles. The van der Waals surface area contributed by atoms with Crippen molar-refractivity contribution in [2.24, 2.45) is 0 Å². The van der Waals surface area contributed by atoms with E-state index in [1.165, 1.54) is 11.8 Å². The molecular weight excluding hydrogens is 440 g/mol. The SMILES string of the molecule is CCC(Sc1nc(-c2ccccc2)cc(-c2ccccc2)c1C#N)C(=O)Nc1cc(C)ccn1. The summed E-state index contributed by atoms with van der Waals surface area (Å²) in [6, 6.07) is 27.7. The lowest BCUT2D eigenvalue weighted by Gasteiger charge is -2.17. The van der Waals surface area contributed by atoms with Gasteiger partial charge in [0.05, 0.1) is 16.5 Å². The topological polar surface area (TPSA) is 78.7 Å². The van der Waals surface area contributed by atoms with E-state index in [1.807, 2.05) is 92.7 Å². The number of benzene rings is 2. The van der Waals surface area contributed by atoms with Crippen LogP contribution in [0.15, 0.2) is 90.1 Å². The van der Waals surface area contributed by atoms with Crippen molar-refractivity contribution in [1.29, 1.82) is 5.26 Å². The largest absolute Gasteiger partial charge is 0.310 e. The molecule has 4 aromatic rings. The van der Waals surface area contributed by atoms with E-state index in [2.05, 4.69) is 16.4 Å². The van der Waals surface area contributed by atoms with Gasteiger partial charge in [0.1, 0.15) is 16.9 Å². The Bertz CT molecular complexity index is 1330. The van der Waals surface area contributed by atoms with E-state index in [9.17, 15) is 10.1 Å². The third kappa shape index (κ3) is 5.33. The molecule has 1 amide bonds. The monoisotopic (exact) mass is 464 g/mol. The van der Waals surface area contributed by atoms with Gasteiger partial charge in [0.25, 0.3) is 0 Å². The lowest BCUT2D eigenvalue weighted by atomic mass is 9.99. The van der Waals surface area contributed by atoms with Gasteiger partial charge in [-0.15, -0.1) is 0 Å². The molecule has 1 atom stereocenters. The zero-order valence-electron chi connectivity index (χ0n) is 19.0. The molecule has 0 saturated heterocycles. The molecule has 0 bridgehead atoms. The zero-order chi connectivity index (χ0) is 23.9. The van der Waals surface area contributed by atoms with Crippen molar-refractivity contribution in [3.63, 3.8) is 0 Å². The number of carbonyl (C=O) groups is 1. The summed E-state index contributed by atoms with van der Waals surface area (Å²) in [4.78, 5) is 22.2. The first-order valence-electron chi connectivity index (χ1n) is 11.0. The maximum Gasteiger partial charge on any atom is 0.239 e. The molecule has 0 radical (unpaired) electrons. The summed E-state index contributed by atoms with van der Waals surface area (Å²) >= 11 is 1.32. The molecule has 2 aromatic heterocycles. The number of nitrogens with zero attached hydrogens (tertiary/aromatic N) is 3. The fourth-order valence-corrected chi connectivity index (χ4v) is 4.61. The van der Waals surface area contributed by atoms with Crippen LogP contribution >= 0.6 is 11.8 Å². The Morgan fingerprint density at radius 3 is 2.32 bits per heavy atom. The molecule has 2 aromatic carbocycles. The standard InChI is InChI=1S/C28H24N4OS/c1-3-25(27(33)32-26-16-19(2)14-15-30-26)34-28-23(18-29)22(20-10-6-4-7-11-20)17-24(31-28)21-12-8-5-9-13-21/h4-17,25H,3H2,1-2H3,(H,30,32,33). The second-order valence-electron chi connectivity index (χ2n) is 7.80. The first-order chi connectivity index (χ1) is 16.6. The molecule has 0 saturated carbocycles. The predicted octanol–water partition coefficient (Wildman–Crippen LogP) is 6.50. The van der Waals surface area contributed by atoms with Crippen LogP contribution in [0.2, 0.25) is 0 Å². The first-order valence-corrected chi connectivity index (χ1v) is 11.9. The van der Waals surface area contributed by atoms with Gasteiger partial charge in [-0.25, -0.2) is 9.97 Å². The van der Waals surface area contributed by atoms with Crippen LogP contribution in [0, 0.1) is 18.3 Å². The van der Waals surface area contributed by atoms with Crippen molar-refractivity contribution in [2.45, 2.75) is 30.5 Å². The average Bonchev–Trinajstić information content (AvgIpc) is 2.87. The number of hydrogen-bond donors (Lipinski definition) is 1. The lowest BCUT2D eigenvalue weighted by Crippen LogP contribution is -2.25. The molecule has 1 unspecified atom stereocenters. The van der Waals surface area contributed by atoms with E-state index in [1.54, 1.807) is 6.20 Å². The Balaban J connectivity index is 1.74. The van der Waals surface area contributed by atoms with Gasteiger partial charge >= 0.3 is 0 Å². The summed E-state index contributed by atoms with van der Waals surface area (Å²) in [7, 11) is 0. The summed E-state index contributed by atoms with van der Waals surface area (Å²) in [5.41, 5.74) is 4.93. The summed E-state index contributed by atoms with van der Waals surface area (Å²) in [5, 5.41) is 13.1. The number of anilines is 1. The molecule has 4 rings (SSSR count). The highest BCUT2D eigenvalue weighted by Gasteiger charge is 2.23. The molecule has 5 nitrogen and oxygen atoms in total. The Kier molecular flexibility index (Phi) is 7.36. The maximum atomic E-state index is 13.1. The van der Waals surface area contributed by atoms with E-state index in [0.29, 0.717) is 22.8 Å². The normalized spacial score (nSPS) is 11.4. The molecule has 0 fully saturated rings. The summed E-state index contributed by atoms with van der Waals surface area (Å²) in [5.74, 6) is 0.350. The van der Waals surface area contributed by atoms with Crippen molar-refractivity contribution in [3.05, 3.63) is 96.2 Å². The van der Waals surface area contributed by atoms with Crippen LogP contribution in [0.3, 0.4) is 0 Å². The summed E-state index contributed by atoms with van der Waals surface area (Å²) < 4.78 is 0. The van der Waals surface area contributed by atoms with Crippen molar-refractivity contribution in [2.75, 3.05) is 5.32 Å². The van der Waals surface area contributed by atoms with Gasteiger partial charge in [-0.05, 0) is 42.7 Å². The van der Waals surface area contributed by atoms with Crippen LogP contribution in [-0.2, 0) is 4.79 Å². The molecule has 0 aliphatic heterocycles. The van der Waals surface area contributed by atoms with Gasteiger partial charge in [-0.3, -0.25) is 4.79 Å².